The normalized spacial score (nSPS) is 18.1. The summed E-state index contributed by atoms with van der Waals surface area (Å²) in [6, 6.07) is 15.8. The van der Waals surface area contributed by atoms with Gasteiger partial charge in [-0.25, -0.2) is 4.79 Å². The molecule has 4 amide bonds. The van der Waals surface area contributed by atoms with Crippen LogP contribution in [0.5, 0.6) is 5.75 Å². The second-order valence-electron chi connectivity index (χ2n) is 12.7. The molecule has 0 saturated carbocycles. The summed E-state index contributed by atoms with van der Waals surface area (Å²) in [6.45, 7) is 6.05. The minimum absolute atomic E-state index is 0.127. The van der Waals surface area contributed by atoms with E-state index in [-0.39, 0.29) is 29.6 Å². The lowest BCUT2D eigenvalue weighted by atomic mass is 9.93. The highest BCUT2D eigenvalue weighted by Gasteiger charge is 2.46. The molecule has 4 N–H and O–H groups in total. The molecule has 13 heteroatoms. The van der Waals surface area contributed by atoms with E-state index in [9.17, 15) is 19.2 Å². The van der Waals surface area contributed by atoms with Crippen LogP contribution < -0.4 is 15.8 Å². The summed E-state index contributed by atoms with van der Waals surface area (Å²) >= 11 is 12.6. The van der Waals surface area contributed by atoms with Crippen molar-refractivity contribution >= 4 is 63.6 Å². The van der Waals surface area contributed by atoms with Gasteiger partial charge in [0.15, 0.2) is 5.78 Å². The molecule has 6 rings (SSSR count). The van der Waals surface area contributed by atoms with Crippen LogP contribution in [0.3, 0.4) is 0 Å². The Morgan fingerprint density at radius 3 is 2.44 bits per heavy atom. The zero-order valence-electron chi connectivity index (χ0n) is 26.6. The van der Waals surface area contributed by atoms with Crippen molar-refractivity contribution in [2.75, 3.05) is 19.6 Å². The Balaban J connectivity index is 1.58. The fourth-order valence-electron chi connectivity index (χ4n) is 6.05. The number of carbonyl (C=O) groups is 4. The van der Waals surface area contributed by atoms with Crippen LogP contribution in [0.2, 0.25) is 10.0 Å². The lowest BCUT2D eigenvalue weighted by Gasteiger charge is -2.36. The van der Waals surface area contributed by atoms with Crippen LogP contribution >= 0.6 is 23.2 Å². The zero-order chi connectivity index (χ0) is 34.3. The van der Waals surface area contributed by atoms with Crippen molar-refractivity contribution in [1.82, 2.24) is 20.1 Å². The number of amides is 4. The Kier molecular flexibility index (Phi) is 8.93. The fraction of sp³-hybridized carbons (Fsp3) is 0.286. The van der Waals surface area contributed by atoms with E-state index in [0.717, 1.165) is 22.0 Å². The number of hydrogen-bond acceptors (Lipinski definition) is 6. The molecule has 2 aliphatic rings. The second kappa shape index (κ2) is 13.0. The number of aliphatic imine (C=N–C) groups is 1. The second-order valence-corrected chi connectivity index (χ2v) is 13.6. The number of nitrogens with zero attached hydrogens (tertiary/aromatic N) is 3. The number of urea groups is 1. The van der Waals surface area contributed by atoms with Crippen LogP contribution in [0.1, 0.15) is 66.3 Å². The number of hydrogen-bond donors (Lipinski definition) is 3. The number of aromatic nitrogens is 1. The first kappa shape index (κ1) is 33.0. The molecule has 1 fully saturated rings. The predicted octanol–water partition coefficient (Wildman–Crippen LogP) is 5.81. The number of ketones is 1. The van der Waals surface area contributed by atoms with Gasteiger partial charge in [-0.15, -0.1) is 0 Å². The van der Waals surface area contributed by atoms with Crippen LogP contribution in [0, 0.1) is 0 Å². The average Bonchev–Trinajstić information content (AvgIpc) is 3.61. The Morgan fingerprint density at radius 1 is 1.02 bits per heavy atom. The SMILES string of the molecule is CC(C)(C)Oc1cc(C(=O)CC(N)=O)ccc1C1=N[C@@H](c2c[nH]c3cc(Cl)ccc23)[C@@H](c2ccc(Cl)cc2)N1C(=O)N1CCNC(=O)C1. The standard InChI is InChI=1S/C35H34Cl2N6O5/c1-35(2,3)48-28-14-20(27(44)16-29(38)45)6-10-24(28)33-41-31(25-17-40-26-15-22(37)9-11-23(25)26)32(19-4-7-21(36)8-5-19)43(33)34(47)42-13-12-39-30(46)18-42/h4-11,14-15,17,31-32,40H,12-13,16,18H2,1-3H3,(H2,38,45)(H,39,46)/t31-,32+/m0/s1. The molecule has 1 aromatic heterocycles. The van der Waals surface area contributed by atoms with E-state index in [0.29, 0.717) is 28.7 Å². The smallest absolute Gasteiger partial charge is 0.326 e. The number of primary amides is 1. The van der Waals surface area contributed by atoms with E-state index < -0.39 is 41.8 Å². The topological polar surface area (TPSA) is 150 Å². The van der Waals surface area contributed by atoms with E-state index in [2.05, 4.69) is 10.3 Å². The first-order chi connectivity index (χ1) is 22.8. The third-order valence-corrected chi connectivity index (χ3v) is 8.57. The van der Waals surface area contributed by atoms with Crippen LogP contribution in [-0.2, 0) is 9.59 Å². The van der Waals surface area contributed by atoms with Gasteiger partial charge in [-0.05, 0) is 62.7 Å². The average molecular weight is 690 g/mol. The number of ether oxygens (including phenoxy) is 1. The monoisotopic (exact) mass is 688 g/mol. The van der Waals surface area contributed by atoms with Crippen molar-refractivity contribution in [2.24, 2.45) is 10.7 Å². The molecule has 4 aromatic rings. The van der Waals surface area contributed by atoms with Crippen LogP contribution in [-0.4, -0.2) is 69.5 Å². The van der Waals surface area contributed by atoms with Crippen molar-refractivity contribution in [2.45, 2.75) is 44.9 Å². The third kappa shape index (κ3) is 6.74. The molecule has 2 aliphatic heterocycles. The predicted molar refractivity (Wildman–Crippen MR) is 184 cm³/mol. The van der Waals surface area contributed by atoms with E-state index in [1.807, 2.05) is 51.2 Å². The summed E-state index contributed by atoms with van der Waals surface area (Å²) in [5, 5.41) is 4.74. The number of H-pyrrole nitrogens is 1. The van der Waals surface area contributed by atoms with Crippen molar-refractivity contribution in [3.8, 4) is 5.75 Å². The molecule has 0 radical (unpaired) electrons. The molecule has 0 unspecified atom stereocenters. The van der Waals surface area contributed by atoms with Gasteiger partial charge < -0.3 is 25.7 Å². The number of nitrogens with two attached hydrogens (primary N) is 1. The molecule has 48 heavy (non-hydrogen) atoms. The lowest BCUT2D eigenvalue weighted by molar-refractivity contribution is -0.123. The third-order valence-electron chi connectivity index (χ3n) is 8.08. The number of rotatable bonds is 7. The maximum atomic E-state index is 14.7. The molecule has 3 heterocycles. The Morgan fingerprint density at radius 2 is 1.75 bits per heavy atom. The quantitative estimate of drug-likeness (QED) is 0.166. The van der Waals surface area contributed by atoms with Crippen LogP contribution in [0.4, 0.5) is 4.79 Å². The number of amidine groups is 1. The molecule has 0 spiro atoms. The number of carbonyl (C=O) groups excluding carboxylic acids is 4. The van der Waals surface area contributed by atoms with Gasteiger partial charge in [0.2, 0.25) is 11.8 Å². The van der Waals surface area contributed by atoms with E-state index in [1.54, 1.807) is 41.3 Å². The molecular formula is C35H34Cl2N6O5. The number of piperazine rings is 1. The molecule has 0 aliphatic carbocycles. The summed E-state index contributed by atoms with van der Waals surface area (Å²) in [6.07, 6.45) is 1.39. The van der Waals surface area contributed by atoms with Crippen molar-refractivity contribution in [3.05, 3.63) is 99.2 Å². The maximum absolute atomic E-state index is 14.7. The molecule has 1 saturated heterocycles. The van der Waals surface area contributed by atoms with Gasteiger partial charge in [0.05, 0.1) is 18.0 Å². The minimum Gasteiger partial charge on any atom is -0.487 e. The van der Waals surface area contributed by atoms with Gasteiger partial charge >= 0.3 is 6.03 Å². The van der Waals surface area contributed by atoms with Crippen LogP contribution in [0.25, 0.3) is 10.9 Å². The van der Waals surface area contributed by atoms with Gasteiger partial charge in [-0.3, -0.25) is 24.3 Å². The molecule has 0 bridgehead atoms. The van der Waals surface area contributed by atoms with Gasteiger partial charge in [0, 0.05) is 51.4 Å². The van der Waals surface area contributed by atoms with Crippen molar-refractivity contribution in [3.63, 3.8) is 0 Å². The number of aromatic amines is 1. The van der Waals surface area contributed by atoms with Crippen LogP contribution in [0.15, 0.2) is 71.9 Å². The van der Waals surface area contributed by atoms with Crippen molar-refractivity contribution in [1.29, 1.82) is 0 Å². The number of Topliss-reactive ketones (excluding diaryl/α,β-unsaturated/α-hetero) is 1. The van der Waals surface area contributed by atoms with E-state index >= 15 is 0 Å². The number of benzene rings is 3. The van der Waals surface area contributed by atoms with Crippen molar-refractivity contribution < 1.29 is 23.9 Å². The Bertz CT molecular complexity index is 1970. The molecule has 11 nitrogen and oxygen atoms in total. The largest absolute Gasteiger partial charge is 0.487 e. The Labute approximate surface area is 287 Å². The zero-order valence-corrected chi connectivity index (χ0v) is 28.1. The summed E-state index contributed by atoms with van der Waals surface area (Å²) < 4.78 is 6.39. The highest BCUT2D eigenvalue weighted by atomic mass is 35.5. The first-order valence-electron chi connectivity index (χ1n) is 15.4. The highest BCUT2D eigenvalue weighted by Crippen LogP contribution is 2.47. The molecule has 248 valence electrons. The summed E-state index contributed by atoms with van der Waals surface area (Å²) in [5.74, 6) is -0.921. The number of nitrogens with one attached hydrogen (secondary N) is 2. The van der Waals surface area contributed by atoms with Gasteiger partial charge in [-0.2, -0.15) is 0 Å². The summed E-state index contributed by atoms with van der Waals surface area (Å²) in [4.78, 5) is 63.3. The lowest BCUT2D eigenvalue weighted by Crippen LogP contribution is -2.55. The van der Waals surface area contributed by atoms with E-state index in [1.165, 1.54) is 4.90 Å². The van der Waals surface area contributed by atoms with Gasteiger partial charge in [0.25, 0.3) is 0 Å². The summed E-state index contributed by atoms with van der Waals surface area (Å²) in [5.41, 5.74) is 7.64. The first-order valence-corrected chi connectivity index (χ1v) is 16.1. The molecule has 2 atom stereocenters. The fourth-order valence-corrected chi connectivity index (χ4v) is 6.35. The van der Waals surface area contributed by atoms with Gasteiger partial charge in [0.1, 0.15) is 29.8 Å². The minimum atomic E-state index is -0.751. The van der Waals surface area contributed by atoms with E-state index in [4.69, 9.17) is 38.7 Å². The maximum Gasteiger partial charge on any atom is 0.326 e. The highest BCUT2D eigenvalue weighted by molar-refractivity contribution is 6.31. The number of halogens is 2. The number of fused-ring (bicyclic) bond motifs is 1. The molecular weight excluding hydrogens is 655 g/mol. The Hall–Kier alpha value is -4.87. The van der Waals surface area contributed by atoms with Gasteiger partial charge in [-0.1, -0.05) is 47.5 Å². The molecule has 3 aromatic carbocycles. The summed E-state index contributed by atoms with van der Waals surface area (Å²) in [7, 11) is 0.